The lowest BCUT2D eigenvalue weighted by molar-refractivity contribution is 0.0531. The van der Waals surface area contributed by atoms with Gasteiger partial charge < -0.3 is 15.2 Å². The minimum Gasteiger partial charge on any atom is -0.462 e. The van der Waals surface area contributed by atoms with Crippen LogP contribution in [0.15, 0.2) is 6.33 Å². The van der Waals surface area contributed by atoms with E-state index in [1.807, 2.05) is 6.92 Å². The number of aliphatic hydroxyl groups excluding tert-OH is 1. The minimum atomic E-state index is -0.308. The molecule has 0 radical (unpaired) electrons. The van der Waals surface area contributed by atoms with Gasteiger partial charge in [-0.15, -0.1) is 11.3 Å². The van der Waals surface area contributed by atoms with E-state index in [1.165, 1.54) is 17.7 Å². The molecule has 0 aliphatic rings. The summed E-state index contributed by atoms with van der Waals surface area (Å²) < 4.78 is 5.08. The molecule has 0 atom stereocenters. The van der Waals surface area contributed by atoms with E-state index in [0.717, 1.165) is 47.4 Å². The Balaban J connectivity index is 2.19. The number of nitrogens with zero attached hydrogens (tertiary/aromatic N) is 2. The van der Waals surface area contributed by atoms with Gasteiger partial charge in [0.05, 0.1) is 12.0 Å². The average molecular weight is 323 g/mol. The number of esters is 1. The van der Waals surface area contributed by atoms with Crippen molar-refractivity contribution >= 4 is 33.3 Å². The Morgan fingerprint density at radius 2 is 2.18 bits per heavy atom. The summed E-state index contributed by atoms with van der Waals surface area (Å²) in [7, 11) is 0. The molecule has 2 aromatic rings. The van der Waals surface area contributed by atoms with Crippen LogP contribution >= 0.6 is 11.3 Å². The number of anilines is 1. The first-order valence-corrected chi connectivity index (χ1v) is 8.26. The van der Waals surface area contributed by atoms with E-state index < -0.39 is 0 Å². The lowest BCUT2D eigenvalue weighted by Crippen LogP contribution is -2.05. The van der Waals surface area contributed by atoms with Crippen LogP contribution in [0.1, 0.15) is 41.4 Å². The molecule has 7 heteroatoms. The highest BCUT2D eigenvalue weighted by molar-refractivity contribution is 7.20. The number of unbranched alkanes of at least 4 members (excludes halogenated alkanes) is 2. The number of aromatic nitrogens is 2. The fourth-order valence-electron chi connectivity index (χ4n) is 2.22. The molecule has 2 rings (SSSR count). The highest BCUT2D eigenvalue weighted by atomic mass is 32.1. The van der Waals surface area contributed by atoms with Gasteiger partial charge >= 0.3 is 5.97 Å². The SMILES string of the molecule is CCOC(=O)c1sc2ncnc(NCCCCCO)c2c1C. The molecule has 0 amide bonds. The van der Waals surface area contributed by atoms with Gasteiger partial charge in [0.15, 0.2) is 0 Å². The second kappa shape index (κ2) is 8.05. The van der Waals surface area contributed by atoms with Crippen molar-refractivity contribution in [3.8, 4) is 0 Å². The maximum atomic E-state index is 12.0. The zero-order valence-electron chi connectivity index (χ0n) is 12.9. The van der Waals surface area contributed by atoms with Crippen molar-refractivity contribution in [2.75, 3.05) is 25.1 Å². The maximum Gasteiger partial charge on any atom is 0.348 e. The molecule has 2 heterocycles. The van der Waals surface area contributed by atoms with Gasteiger partial charge in [0.1, 0.15) is 21.9 Å². The Kier molecular flexibility index (Phi) is 6.09. The molecule has 2 N–H and O–H groups in total. The molecule has 0 aliphatic heterocycles. The van der Waals surface area contributed by atoms with Crippen LogP contribution in [0, 0.1) is 6.92 Å². The molecular formula is C15H21N3O3S. The first-order valence-electron chi connectivity index (χ1n) is 7.45. The third-order valence-corrected chi connectivity index (χ3v) is 4.49. The van der Waals surface area contributed by atoms with Crippen LogP contribution in [0.25, 0.3) is 10.2 Å². The van der Waals surface area contributed by atoms with Crippen LogP contribution in [0.2, 0.25) is 0 Å². The number of rotatable bonds is 8. The first-order chi connectivity index (χ1) is 10.7. The Labute approximate surface area is 133 Å². The number of ether oxygens (including phenoxy) is 1. The van der Waals surface area contributed by atoms with Crippen molar-refractivity contribution in [2.45, 2.75) is 33.1 Å². The number of aryl methyl sites for hydroxylation is 1. The zero-order chi connectivity index (χ0) is 15.9. The standard InChI is InChI=1S/C15H21N3O3S/c1-3-21-15(20)12-10(2)11-13(16-7-5-4-6-8-19)17-9-18-14(11)22-12/h9,19H,3-8H2,1-2H3,(H,16,17,18). The topological polar surface area (TPSA) is 84.3 Å². The molecule has 0 fully saturated rings. The van der Waals surface area contributed by atoms with Crippen molar-refractivity contribution in [3.05, 3.63) is 16.8 Å². The van der Waals surface area contributed by atoms with E-state index in [0.29, 0.717) is 11.5 Å². The van der Waals surface area contributed by atoms with E-state index in [-0.39, 0.29) is 12.6 Å². The van der Waals surface area contributed by atoms with Crippen LogP contribution in [-0.4, -0.2) is 40.8 Å². The average Bonchev–Trinajstić information content (AvgIpc) is 2.85. The molecule has 0 aliphatic carbocycles. The molecule has 0 unspecified atom stereocenters. The Bertz CT molecular complexity index is 642. The van der Waals surface area contributed by atoms with Crippen LogP contribution in [0.3, 0.4) is 0 Å². The van der Waals surface area contributed by atoms with Crippen LogP contribution in [0.5, 0.6) is 0 Å². The number of carbonyl (C=O) groups excluding carboxylic acids is 1. The molecule has 0 saturated heterocycles. The lowest BCUT2D eigenvalue weighted by Gasteiger charge is -2.07. The summed E-state index contributed by atoms with van der Waals surface area (Å²) in [4.78, 5) is 21.9. The summed E-state index contributed by atoms with van der Waals surface area (Å²) >= 11 is 1.33. The molecule has 0 saturated carbocycles. The van der Waals surface area contributed by atoms with E-state index >= 15 is 0 Å². The van der Waals surface area contributed by atoms with E-state index in [2.05, 4.69) is 15.3 Å². The molecule has 0 aromatic carbocycles. The van der Waals surface area contributed by atoms with Crippen LogP contribution in [-0.2, 0) is 4.74 Å². The fraction of sp³-hybridized carbons (Fsp3) is 0.533. The van der Waals surface area contributed by atoms with E-state index in [4.69, 9.17) is 9.84 Å². The van der Waals surface area contributed by atoms with Crippen molar-refractivity contribution in [2.24, 2.45) is 0 Å². The molecule has 2 aromatic heterocycles. The molecule has 22 heavy (non-hydrogen) atoms. The highest BCUT2D eigenvalue weighted by Crippen LogP contribution is 2.33. The van der Waals surface area contributed by atoms with Crippen molar-refractivity contribution < 1.29 is 14.6 Å². The molecule has 6 nitrogen and oxygen atoms in total. The predicted molar refractivity (Wildman–Crippen MR) is 87.5 cm³/mol. The summed E-state index contributed by atoms with van der Waals surface area (Å²) in [6.45, 7) is 5.04. The Morgan fingerprint density at radius 3 is 2.91 bits per heavy atom. The van der Waals surface area contributed by atoms with Crippen molar-refractivity contribution in [3.63, 3.8) is 0 Å². The molecule has 0 bridgehead atoms. The van der Waals surface area contributed by atoms with Gasteiger partial charge in [0.2, 0.25) is 0 Å². The number of hydrogen-bond donors (Lipinski definition) is 2. The predicted octanol–water partition coefficient (Wildman–Crippen LogP) is 2.75. The third-order valence-electron chi connectivity index (χ3n) is 3.31. The van der Waals surface area contributed by atoms with Gasteiger partial charge in [-0.3, -0.25) is 0 Å². The number of thiophene rings is 1. The van der Waals surface area contributed by atoms with Crippen LogP contribution < -0.4 is 5.32 Å². The fourth-order valence-corrected chi connectivity index (χ4v) is 3.26. The van der Waals surface area contributed by atoms with E-state index in [9.17, 15) is 4.79 Å². The molecule has 0 spiro atoms. The third kappa shape index (κ3) is 3.72. The van der Waals surface area contributed by atoms with Gasteiger partial charge in [-0.2, -0.15) is 0 Å². The second-order valence-corrected chi connectivity index (χ2v) is 5.89. The number of nitrogens with one attached hydrogen (secondary N) is 1. The van der Waals surface area contributed by atoms with Gasteiger partial charge in [-0.05, 0) is 38.7 Å². The van der Waals surface area contributed by atoms with Gasteiger partial charge in [-0.25, -0.2) is 14.8 Å². The largest absolute Gasteiger partial charge is 0.462 e. The molecule has 120 valence electrons. The van der Waals surface area contributed by atoms with Gasteiger partial charge in [-0.1, -0.05) is 0 Å². The summed E-state index contributed by atoms with van der Waals surface area (Å²) in [5.74, 6) is 0.440. The highest BCUT2D eigenvalue weighted by Gasteiger charge is 2.19. The summed E-state index contributed by atoms with van der Waals surface area (Å²) in [6, 6.07) is 0. The Hall–Kier alpha value is -1.73. The number of fused-ring (bicyclic) bond motifs is 1. The zero-order valence-corrected chi connectivity index (χ0v) is 13.7. The minimum absolute atomic E-state index is 0.226. The van der Waals surface area contributed by atoms with Gasteiger partial charge in [0, 0.05) is 13.2 Å². The second-order valence-electron chi connectivity index (χ2n) is 4.89. The number of hydrogen-bond acceptors (Lipinski definition) is 7. The van der Waals surface area contributed by atoms with Crippen molar-refractivity contribution in [1.82, 2.24) is 9.97 Å². The summed E-state index contributed by atoms with van der Waals surface area (Å²) in [6.07, 6.45) is 4.24. The monoisotopic (exact) mass is 323 g/mol. The van der Waals surface area contributed by atoms with E-state index in [1.54, 1.807) is 6.92 Å². The summed E-state index contributed by atoms with van der Waals surface area (Å²) in [5, 5.41) is 13.0. The number of aliphatic hydroxyl groups is 1. The quantitative estimate of drug-likeness (QED) is 0.574. The smallest absolute Gasteiger partial charge is 0.348 e. The lowest BCUT2D eigenvalue weighted by atomic mass is 10.2. The molecular weight excluding hydrogens is 302 g/mol. The summed E-state index contributed by atoms with van der Waals surface area (Å²) in [5.41, 5.74) is 0.858. The maximum absolute atomic E-state index is 12.0. The van der Waals surface area contributed by atoms with Crippen molar-refractivity contribution in [1.29, 1.82) is 0 Å². The van der Waals surface area contributed by atoms with Crippen LogP contribution in [0.4, 0.5) is 5.82 Å². The normalized spacial score (nSPS) is 10.9. The van der Waals surface area contributed by atoms with Gasteiger partial charge in [0.25, 0.3) is 0 Å². The number of carbonyl (C=O) groups is 1. The first kappa shape index (κ1) is 16.6. The Morgan fingerprint density at radius 1 is 1.36 bits per heavy atom.